The van der Waals surface area contributed by atoms with E-state index in [0.29, 0.717) is 18.2 Å². The fourth-order valence-electron chi connectivity index (χ4n) is 3.20. The normalized spacial score (nSPS) is 18.3. The first-order valence-electron chi connectivity index (χ1n) is 9.04. The number of aromatic nitrogens is 2. The second kappa shape index (κ2) is 7.27. The van der Waals surface area contributed by atoms with E-state index < -0.39 is 0 Å². The Morgan fingerprint density at radius 1 is 1.16 bits per heavy atom. The summed E-state index contributed by atoms with van der Waals surface area (Å²) >= 11 is 0. The molecule has 2 fully saturated rings. The zero-order chi connectivity index (χ0) is 17.1. The third-order valence-electron chi connectivity index (χ3n) is 4.91. The summed E-state index contributed by atoms with van der Waals surface area (Å²) in [5.41, 5.74) is 1.67. The van der Waals surface area contributed by atoms with Crippen LogP contribution in [0.2, 0.25) is 0 Å². The van der Waals surface area contributed by atoms with E-state index in [0.717, 1.165) is 44.2 Å². The molecule has 2 aromatic rings. The summed E-state index contributed by atoms with van der Waals surface area (Å²) in [6, 6.07) is 11.8. The van der Waals surface area contributed by atoms with Crippen LogP contribution in [-0.4, -0.2) is 65.2 Å². The third kappa shape index (κ3) is 4.02. The summed E-state index contributed by atoms with van der Waals surface area (Å²) in [5.74, 6) is 1.54. The molecule has 1 saturated heterocycles. The van der Waals surface area contributed by atoms with Crippen LogP contribution in [0.15, 0.2) is 36.4 Å². The van der Waals surface area contributed by atoms with Crippen molar-refractivity contribution in [3.8, 4) is 5.75 Å². The van der Waals surface area contributed by atoms with Crippen LogP contribution < -0.4 is 4.74 Å². The average molecular weight is 340 g/mol. The van der Waals surface area contributed by atoms with E-state index >= 15 is 0 Å². The molecule has 0 spiro atoms. The Hall–Kier alpha value is -2.34. The van der Waals surface area contributed by atoms with Gasteiger partial charge in [0, 0.05) is 44.3 Å². The van der Waals surface area contributed by atoms with E-state index in [2.05, 4.69) is 15.1 Å². The second-order valence-electron chi connectivity index (χ2n) is 6.78. The number of carbonyl (C=O) groups excluding carboxylic acids is 1. The van der Waals surface area contributed by atoms with Gasteiger partial charge in [0.05, 0.1) is 0 Å². The topological polar surface area (TPSA) is 61.5 Å². The van der Waals surface area contributed by atoms with Crippen molar-refractivity contribution in [1.29, 1.82) is 0 Å². The Morgan fingerprint density at radius 2 is 1.92 bits per heavy atom. The maximum Gasteiger partial charge on any atom is 0.274 e. The van der Waals surface area contributed by atoms with Crippen molar-refractivity contribution in [3.63, 3.8) is 0 Å². The van der Waals surface area contributed by atoms with Gasteiger partial charge in [0.2, 0.25) is 0 Å². The Balaban J connectivity index is 1.21. The molecule has 1 aromatic heterocycles. The van der Waals surface area contributed by atoms with Gasteiger partial charge in [-0.2, -0.15) is 5.10 Å². The lowest BCUT2D eigenvalue weighted by Crippen LogP contribution is -2.49. The minimum absolute atomic E-state index is 0.0448. The van der Waals surface area contributed by atoms with E-state index in [1.165, 1.54) is 12.8 Å². The molecule has 4 rings (SSSR count). The van der Waals surface area contributed by atoms with Gasteiger partial charge in [-0.05, 0) is 31.0 Å². The van der Waals surface area contributed by atoms with Crippen LogP contribution in [0.3, 0.4) is 0 Å². The predicted molar refractivity (Wildman–Crippen MR) is 94.8 cm³/mol. The molecule has 2 aliphatic rings. The van der Waals surface area contributed by atoms with E-state index in [4.69, 9.17) is 4.74 Å². The van der Waals surface area contributed by atoms with Crippen LogP contribution in [0.5, 0.6) is 5.75 Å². The molecule has 1 aliphatic heterocycles. The van der Waals surface area contributed by atoms with Gasteiger partial charge in [0.1, 0.15) is 18.1 Å². The van der Waals surface area contributed by atoms with Gasteiger partial charge in [-0.1, -0.05) is 18.2 Å². The molecule has 0 radical (unpaired) electrons. The number of nitrogens with one attached hydrogen (secondary N) is 1. The SMILES string of the molecule is O=C(c1cc(C2CC2)[nH]n1)N1CCN(CCOc2ccccc2)CC1. The number of H-pyrrole nitrogens is 1. The second-order valence-corrected chi connectivity index (χ2v) is 6.78. The molecular weight excluding hydrogens is 316 g/mol. The predicted octanol–water partition coefficient (Wildman–Crippen LogP) is 2.12. The van der Waals surface area contributed by atoms with Crippen molar-refractivity contribution in [3.05, 3.63) is 47.8 Å². The molecule has 0 atom stereocenters. The third-order valence-corrected chi connectivity index (χ3v) is 4.91. The van der Waals surface area contributed by atoms with Crippen molar-refractivity contribution in [2.24, 2.45) is 0 Å². The first kappa shape index (κ1) is 16.1. The standard InChI is InChI=1S/C19H24N4O2/c24-19(18-14-17(20-21-18)15-6-7-15)23-10-8-22(9-11-23)12-13-25-16-4-2-1-3-5-16/h1-5,14-15H,6-13H2,(H,20,21). The fraction of sp³-hybridized carbons (Fsp3) is 0.474. The van der Waals surface area contributed by atoms with Gasteiger partial charge in [-0.15, -0.1) is 0 Å². The number of aromatic amines is 1. The van der Waals surface area contributed by atoms with Crippen LogP contribution in [0.1, 0.15) is 34.9 Å². The zero-order valence-corrected chi connectivity index (χ0v) is 14.4. The minimum Gasteiger partial charge on any atom is -0.492 e. The number of carbonyl (C=O) groups is 1. The summed E-state index contributed by atoms with van der Waals surface area (Å²) in [6.45, 7) is 4.80. The first-order valence-corrected chi connectivity index (χ1v) is 9.04. The highest BCUT2D eigenvalue weighted by molar-refractivity contribution is 5.92. The van der Waals surface area contributed by atoms with Crippen LogP contribution in [-0.2, 0) is 0 Å². The Labute approximate surface area is 147 Å². The number of ether oxygens (including phenoxy) is 1. The van der Waals surface area contributed by atoms with Crippen molar-refractivity contribution in [1.82, 2.24) is 20.0 Å². The number of para-hydroxylation sites is 1. The van der Waals surface area contributed by atoms with Gasteiger partial charge in [0.15, 0.2) is 0 Å². The largest absolute Gasteiger partial charge is 0.492 e. The van der Waals surface area contributed by atoms with Gasteiger partial charge in [-0.3, -0.25) is 14.8 Å². The number of hydrogen-bond donors (Lipinski definition) is 1. The van der Waals surface area contributed by atoms with Crippen LogP contribution in [0, 0.1) is 0 Å². The summed E-state index contributed by atoms with van der Waals surface area (Å²) in [7, 11) is 0. The van der Waals surface area contributed by atoms with Crippen molar-refractivity contribution in [2.45, 2.75) is 18.8 Å². The highest BCUT2D eigenvalue weighted by Crippen LogP contribution is 2.39. The fourth-order valence-corrected chi connectivity index (χ4v) is 3.20. The van der Waals surface area contributed by atoms with Gasteiger partial charge < -0.3 is 9.64 Å². The van der Waals surface area contributed by atoms with Crippen LogP contribution in [0.25, 0.3) is 0 Å². The summed E-state index contributed by atoms with van der Waals surface area (Å²) < 4.78 is 5.75. The monoisotopic (exact) mass is 340 g/mol. The first-order chi connectivity index (χ1) is 12.3. The average Bonchev–Trinajstić information content (AvgIpc) is 3.40. The van der Waals surface area contributed by atoms with Crippen LogP contribution >= 0.6 is 0 Å². The lowest BCUT2D eigenvalue weighted by atomic mass is 10.2. The van der Waals surface area contributed by atoms with E-state index in [1.54, 1.807) is 0 Å². The molecule has 2 heterocycles. The lowest BCUT2D eigenvalue weighted by Gasteiger charge is -2.34. The summed E-state index contributed by atoms with van der Waals surface area (Å²) in [5, 5.41) is 7.22. The van der Waals surface area contributed by atoms with Gasteiger partial charge in [-0.25, -0.2) is 0 Å². The molecule has 1 saturated carbocycles. The quantitative estimate of drug-likeness (QED) is 0.875. The molecule has 0 bridgehead atoms. The highest BCUT2D eigenvalue weighted by atomic mass is 16.5. The molecular formula is C19H24N4O2. The summed E-state index contributed by atoms with van der Waals surface area (Å²) in [4.78, 5) is 16.8. The minimum atomic E-state index is 0.0448. The molecule has 1 aliphatic carbocycles. The van der Waals surface area contributed by atoms with E-state index in [1.807, 2.05) is 41.3 Å². The van der Waals surface area contributed by atoms with Crippen molar-refractivity contribution >= 4 is 5.91 Å². The van der Waals surface area contributed by atoms with Crippen molar-refractivity contribution < 1.29 is 9.53 Å². The number of amides is 1. The Kier molecular flexibility index (Phi) is 4.70. The Morgan fingerprint density at radius 3 is 2.64 bits per heavy atom. The smallest absolute Gasteiger partial charge is 0.274 e. The molecule has 25 heavy (non-hydrogen) atoms. The molecule has 132 valence electrons. The highest BCUT2D eigenvalue weighted by Gasteiger charge is 2.28. The van der Waals surface area contributed by atoms with Crippen LogP contribution in [0.4, 0.5) is 0 Å². The van der Waals surface area contributed by atoms with E-state index in [9.17, 15) is 4.79 Å². The number of nitrogens with zero attached hydrogens (tertiary/aromatic N) is 3. The maximum atomic E-state index is 12.6. The molecule has 6 heteroatoms. The van der Waals surface area contributed by atoms with Gasteiger partial charge >= 0.3 is 0 Å². The molecule has 1 amide bonds. The number of benzene rings is 1. The number of rotatable bonds is 6. The zero-order valence-electron chi connectivity index (χ0n) is 14.4. The van der Waals surface area contributed by atoms with Gasteiger partial charge in [0.25, 0.3) is 5.91 Å². The van der Waals surface area contributed by atoms with E-state index in [-0.39, 0.29) is 5.91 Å². The summed E-state index contributed by atoms with van der Waals surface area (Å²) in [6.07, 6.45) is 2.42. The molecule has 0 unspecified atom stereocenters. The Bertz CT molecular complexity index is 703. The molecule has 6 nitrogen and oxygen atoms in total. The lowest BCUT2D eigenvalue weighted by molar-refractivity contribution is 0.0614. The molecule has 1 N–H and O–H groups in total. The number of hydrogen-bond acceptors (Lipinski definition) is 4. The number of piperazine rings is 1. The maximum absolute atomic E-state index is 12.6. The van der Waals surface area contributed by atoms with Crippen molar-refractivity contribution in [2.75, 3.05) is 39.3 Å². The molecule has 1 aromatic carbocycles.